The second kappa shape index (κ2) is 7.82. The lowest BCUT2D eigenvalue weighted by atomic mass is 9.87. The average Bonchev–Trinajstić information content (AvgIpc) is 3.37. The van der Waals surface area contributed by atoms with Crippen LogP contribution in [0.15, 0.2) is 36.7 Å². The van der Waals surface area contributed by atoms with Crippen molar-refractivity contribution in [2.75, 3.05) is 25.2 Å². The second-order valence-corrected chi connectivity index (χ2v) is 8.94. The van der Waals surface area contributed by atoms with E-state index in [1.165, 1.54) is 35.9 Å². The Bertz CT molecular complexity index is 1130. The molecule has 2 aliphatic heterocycles. The Morgan fingerprint density at radius 3 is 2.81 bits per heavy atom. The maximum Gasteiger partial charge on any atom is 0.257 e. The van der Waals surface area contributed by atoms with Gasteiger partial charge in [-0.15, -0.1) is 0 Å². The molecule has 1 aromatic carbocycles. The fourth-order valence-corrected chi connectivity index (χ4v) is 4.91. The van der Waals surface area contributed by atoms with E-state index in [0.29, 0.717) is 32.4 Å². The molecule has 1 fully saturated rings. The van der Waals surface area contributed by atoms with Crippen LogP contribution in [0.3, 0.4) is 0 Å². The van der Waals surface area contributed by atoms with E-state index < -0.39 is 17.9 Å². The predicted octanol–water partition coefficient (Wildman–Crippen LogP) is 3.11. The highest BCUT2D eigenvalue weighted by atomic mass is 32.1. The van der Waals surface area contributed by atoms with Crippen LogP contribution in [0.2, 0.25) is 0 Å². The molecule has 1 saturated heterocycles. The van der Waals surface area contributed by atoms with Gasteiger partial charge >= 0.3 is 0 Å². The standard InChI is InChI=1S/C21H20F2N4O4S/c1-12(26-7-4-21(22,23)14(10-26)13-2-5-27(29)6-3-13)19(28)25-20-24-15-8-16-17(31-11-30-16)9-18(15)32-20/h2-3,5-6,8-9,12,14H,4,7,10-11H2,1H3,(H,24,25,28)/t12-,14-/m1/s1. The third kappa shape index (κ3) is 3.82. The lowest BCUT2D eigenvalue weighted by molar-refractivity contribution is -0.605. The van der Waals surface area contributed by atoms with Crippen molar-refractivity contribution in [2.45, 2.75) is 31.2 Å². The number of anilines is 1. The molecular formula is C21H20F2N4O4S. The number of hydrogen-bond acceptors (Lipinski definition) is 7. The molecule has 1 amide bonds. The van der Waals surface area contributed by atoms with Gasteiger partial charge in [0.05, 0.1) is 22.2 Å². The molecule has 0 radical (unpaired) electrons. The maximum atomic E-state index is 14.6. The molecule has 11 heteroatoms. The summed E-state index contributed by atoms with van der Waals surface area (Å²) in [6.07, 6.45) is 2.05. The van der Waals surface area contributed by atoms with Gasteiger partial charge in [0.2, 0.25) is 12.7 Å². The van der Waals surface area contributed by atoms with Crippen LogP contribution in [0.25, 0.3) is 10.2 Å². The maximum absolute atomic E-state index is 14.6. The van der Waals surface area contributed by atoms with Crippen molar-refractivity contribution in [3.8, 4) is 11.5 Å². The summed E-state index contributed by atoms with van der Waals surface area (Å²) >= 11 is 1.31. The molecule has 2 atom stereocenters. The first kappa shape index (κ1) is 20.8. The van der Waals surface area contributed by atoms with Gasteiger partial charge in [-0.3, -0.25) is 9.69 Å². The molecule has 0 unspecified atom stereocenters. The third-order valence-corrected chi connectivity index (χ3v) is 6.86. The molecule has 0 aliphatic carbocycles. The number of fused-ring (bicyclic) bond motifs is 2. The monoisotopic (exact) mass is 462 g/mol. The summed E-state index contributed by atoms with van der Waals surface area (Å²) in [5, 5.41) is 14.5. The predicted molar refractivity (Wildman–Crippen MR) is 113 cm³/mol. The largest absolute Gasteiger partial charge is 0.619 e. The van der Waals surface area contributed by atoms with Crippen LogP contribution in [0.5, 0.6) is 11.5 Å². The molecule has 168 valence electrons. The number of rotatable bonds is 4. The van der Waals surface area contributed by atoms with E-state index in [9.17, 15) is 18.8 Å². The molecule has 0 bridgehead atoms. The van der Waals surface area contributed by atoms with Crippen molar-refractivity contribution < 1.29 is 27.8 Å². The van der Waals surface area contributed by atoms with E-state index in [4.69, 9.17) is 9.47 Å². The minimum Gasteiger partial charge on any atom is -0.619 e. The minimum absolute atomic E-state index is 0.00565. The number of carbonyl (C=O) groups excluding carboxylic acids is 1. The number of aromatic nitrogens is 2. The van der Waals surface area contributed by atoms with E-state index in [2.05, 4.69) is 10.3 Å². The SMILES string of the molecule is C[C@H](C(=O)Nc1nc2cc3c(cc2s1)OCO3)N1CCC(F)(F)[C@@H](c2cc[n+]([O-])cc2)C1. The molecule has 1 N–H and O–H groups in total. The van der Waals surface area contributed by atoms with Gasteiger partial charge in [-0.2, -0.15) is 4.73 Å². The van der Waals surface area contributed by atoms with Crippen molar-refractivity contribution in [1.29, 1.82) is 0 Å². The van der Waals surface area contributed by atoms with Crippen LogP contribution < -0.4 is 19.5 Å². The number of alkyl halides is 2. The quantitative estimate of drug-likeness (QED) is 0.473. The van der Waals surface area contributed by atoms with Crippen LogP contribution in [0.4, 0.5) is 13.9 Å². The van der Waals surface area contributed by atoms with E-state index in [0.717, 1.165) is 4.70 Å². The van der Waals surface area contributed by atoms with Crippen molar-refractivity contribution in [3.05, 3.63) is 47.4 Å². The molecule has 0 saturated carbocycles. The Balaban J connectivity index is 1.30. The number of amides is 1. The van der Waals surface area contributed by atoms with Gasteiger partial charge in [-0.05, 0) is 12.5 Å². The number of halogens is 2. The van der Waals surface area contributed by atoms with Crippen LogP contribution in [0.1, 0.15) is 24.8 Å². The molecule has 2 aromatic heterocycles. The van der Waals surface area contributed by atoms with Gasteiger partial charge in [0.25, 0.3) is 5.92 Å². The first-order valence-electron chi connectivity index (χ1n) is 10.1. The fourth-order valence-electron chi connectivity index (χ4n) is 4.03. The van der Waals surface area contributed by atoms with E-state index in [1.807, 2.05) is 6.07 Å². The summed E-state index contributed by atoms with van der Waals surface area (Å²) in [5.74, 6) is -3.09. The Labute approximate surface area is 186 Å². The zero-order valence-electron chi connectivity index (χ0n) is 17.1. The number of nitrogens with zero attached hydrogens (tertiary/aromatic N) is 3. The highest BCUT2D eigenvalue weighted by Crippen LogP contribution is 2.41. The molecular weight excluding hydrogens is 442 g/mol. The van der Waals surface area contributed by atoms with Gasteiger partial charge < -0.3 is 20.0 Å². The smallest absolute Gasteiger partial charge is 0.257 e. The van der Waals surface area contributed by atoms with Gasteiger partial charge in [0, 0.05) is 43.8 Å². The number of nitrogens with one attached hydrogen (secondary N) is 1. The normalized spacial score (nSPS) is 20.9. The van der Waals surface area contributed by atoms with Crippen LogP contribution in [-0.4, -0.2) is 47.6 Å². The topological polar surface area (TPSA) is 90.6 Å². The number of benzene rings is 1. The third-order valence-electron chi connectivity index (χ3n) is 5.93. The first-order valence-corrected chi connectivity index (χ1v) is 10.9. The van der Waals surface area contributed by atoms with Crippen molar-refractivity contribution in [1.82, 2.24) is 9.88 Å². The summed E-state index contributed by atoms with van der Waals surface area (Å²) in [5.41, 5.74) is 1.06. The van der Waals surface area contributed by atoms with E-state index in [1.54, 1.807) is 17.9 Å². The number of pyridine rings is 1. The lowest BCUT2D eigenvalue weighted by Gasteiger charge is -2.40. The van der Waals surface area contributed by atoms with Gasteiger partial charge in [0.1, 0.15) is 0 Å². The number of hydrogen-bond donors (Lipinski definition) is 1. The molecule has 8 nitrogen and oxygen atoms in total. The molecule has 3 aromatic rings. The van der Waals surface area contributed by atoms with Crippen molar-refractivity contribution >= 4 is 32.6 Å². The molecule has 5 rings (SSSR count). The van der Waals surface area contributed by atoms with E-state index >= 15 is 0 Å². The lowest BCUT2D eigenvalue weighted by Crippen LogP contribution is -2.52. The van der Waals surface area contributed by atoms with E-state index in [-0.39, 0.29) is 32.2 Å². The number of ether oxygens (including phenoxy) is 2. The first-order chi connectivity index (χ1) is 15.3. The minimum atomic E-state index is -2.92. The second-order valence-electron chi connectivity index (χ2n) is 7.91. The summed E-state index contributed by atoms with van der Waals surface area (Å²) in [4.78, 5) is 19.0. The molecule has 32 heavy (non-hydrogen) atoms. The van der Waals surface area contributed by atoms with Gasteiger partial charge in [0.15, 0.2) is 29.0 Å². The zero-order valence-corrected chi connectivity index (χ0v) is 17.9. The summed E-state index contributed by atoms with van der Waals surface area (Å²) in [7, 11) is 0. The summed E-state index contributed by atoms with van der Waals surface area (Å²) in [6.45, 7) is 1.96. The molecule has 2 aliphatic rings. The van der Waals surface area contributed by atoms with Crippen molar-refractivity contribution in [2.24, 2.45) is 0 Å². The summed E-state index contributed by atoms with van der Waals surface area (Å²) in [6, 6.07) is 5.76. The number of piperidine rings is 1. The number of likely N-dealkylation sites (tertiary alicyclic amines) is 1. The number of thiazole rings is 1. The molecule has 4 heterocycles. The Hall–Kier alpha value is -3.05. The average molecular weight is 462 g/mol. The highest BCUT2D eigenvalue weighted by molar-refractivity contribution is 7.22. The highest BCUT2D eigenvalue weighted by Gasteiger charge is 2.46. The summed E-state index contributed by atoms with van der Waals surface area (Å²) < 4.78 is 41.4. The fraction of sp³-hybridized carbons (Fsp3) is 0.381. The van der Waals surface area contributed by atoms with Crippen molar-refractivity contribution in [3.63, 3.8) is 0 Å². The van der Waals surface area contributed by atoms with Crippen LogP contribution in [0, 0.1) is 5.21 Å². The van der Waals surface area contributed by atoms with Gasteiger partial charge in [-0.1, -0.05) is 11.3 Å². The Morgan fingerprint density at radius 2 is 2.06 bits per heavy atom. The van der Waals surface area contributed by atoms with Crippen LogP contribution in [-0.2, 0) is 4.79 Å². The number of carbonyl (C=O) groups is 1. The zero-order chi connectivity index (χ0) is 22.5. The van der Waals surface area contributed by atoms with Gasteiger partial charge in [-0.25, -0.2) is 13.8 Å². The Kier molecular flexibility index (Phi) is 5.09. The Morgan fingerprint density at radius 1 is 1.34 bits per heavy atom. The molecule has 0 spiro atoms. The van der Waals surface area contributed by atoms with Crippen LogP contribution >= 0.6 is 11.3 Å².